The normalized spacial score (nSPS) is 10.1. The van der Waals surface area contributed by atoms with Gasteiger partial charge in [0.1, 0.15) is 0 Å². The van der Waals surface area contributed by atoms with Crippen LogP contribution in [0.4, 0.5) is 0 Å². The molecule has 0 saturated heterocycles. The van der Waals surface area contributed by atoms with Crippen molar-refractivity contribution in [2.24, 2.45) is 0 Å². The minimum absolute atomic E-state index is 0.651. The number of hydrogen-bond donors (Lipinski definition) is 1. The first-order valence-corrected chi connectivity index (χ1v) is 2.65. The summed E-state index contributed by atoms with van der Waals surface area (Å²) in [6.45, 7) is 7.16. The van der Waals surface area contributed by atoms with E-state index in [1.165, 1.54) is 0 Å². The fourth-order valence-corrected chi connectivity index (χ4v) is 0.264. The smallest absolute Gasteiger partial charge is 0.0959 e. The summed E-state index contributed by atoms with van der Waals surface area (Å²) in [6, 6.07) is 1.98. The average molecular weight is 122 g/mol. The first-order valence-electron chi connectivity index (χ1n) is 2.65. The molecule has 0 aliphatic heterocycles. The maximum absolute atomic E-state index is 8.26. The number of allylic oxidation sites excluding steroid dienone is 2. The molecule has 0 bridgehead atoms. The molecule has 9 heavy (non-hydrogen) atoms. The second kappa shape index (κ2) is 3.73. The molecule has 2 heteroatoms. The molecule has 0 atom stereocenters. The molecular formula is C7H10N2. The Morgan fingerprint density at radius 3 is 2.56 bits per heavy atom. The van der Waals surface area contributed by atoms with Gasteiger partial charge in [-0.15, -0.1) is 0 Å². The molecule has 1 N–H and O–H groups in total. The average Bonchev–Trinajstić information content (AvgIpc) is 1.83. The van der Waals surface area contributed by atoms with Gasteiger partial charge in [-0.1, -0.05) is 6.58 Å². The molecule has 0 aliphatic carbocycles. The zero-order valence-electron chi connectivity index (χ0n) is 5.73. The van der Waals surface area contributed by atoms with Gasteiger partial charge in [-0.3, -0.25) is 0 Å². The third kappa shape index (κ3) is 4.63. The third-order valence-corrected chi connectivity index (χ3v) is 0.711. The van der Waals surface area contributed by atoms with Gasteiger partial charge in [-0.2, -0.15) is 5.26 Å². The van der Waals surface area contributed by atoms with Gasteiger partial charge in [0, 0.05) is 17.5 Å². The molecule has 0 fully saturated rings. The Labute approximate surface area is 55.5 Å². The Morgan fingerprint density at radius 1 is 1.67 bits per heavy atom. The fraction of sp³-hybridized carbons (Fsp3) is 0.286. The summed E-state index contributed by atoms with van der Waals surface area (Å²) in [4.78, 5) is 0. The second-order valence-corrected chi connectivity index (χ2v) is 1.86. The van der Waals surface area contributed by atoms with Gasteiger partial charge in [-0.25, -0.2) is 0 Å². The topological polar surface area (TPSA) is 35.8 Å². The van der Waals surface area contributed by atoms with E-state index in [1.54, 1.807) is 13.1 Å². The lowest BCUT2D eigenvalue weighted by Gasteiger charge is -1.94. The fourth-order valence-electron chi connectivity index (χ4n) is 0.264. The third-order valence-electron chi connectivity index (χ3n) is 0.711. The summed E-state index contributed by atoms with van der Waals surface area (Å²) in [5, 5.41) is 11.1. The molecule has 2 nitrogen and oxygen atoms in total. The molecule has 0 aromatic carbocycles. The lowest BCUT2D eigenvalue weighted by Crippen LogP contribution is -1.99. The Hall–Kier alpha value is -1.23. The van der Waals surface area contributed by atoms with E-state index in [1.807, 2.05) is 13.0 Å². The Balaban J connectivity index is 3.74. The Bertz CT molecular complexity index is 172. The number of nitriles is 1. The van der Waals surface area contributed by atoms with Crippen LogP contribution in [0.5, 0.6) is 0 Å². The van der Waals surface area contributed by atoms with E-state index in [0.29, 0.717) is 5.57 Å². The molecule has 0 radical (unpaired) electrons. The van der Waals surface area contributed by atoms with Gasteiger partial charge in [0.25, 0.3) is 0 Å². The summed E-state index contributed by atoms with van der Waals surface area (Å²) >= 11 is 0. The van der Waals surface area contributed by atoms with Crippen LogP contribution in [-0.4, -0.2) is 0 Å². The van der Waals surface area contributed by atoms with Crippen LogP contribution in [0.3, 0.4) is 0 Å². The van der Waals surface area contributed by atoms with E-state index in [0.717, 1.165) is 5.70 Å². The van der Waals surface area contributed by atoms with Crippen molar-refractivity contribution in [3.05, 3.63) is 24.0 Å². The van der Waals surface area contributed by atoms with Gasteiger partial charge in [0.2, 0.25) is 0 Å². The summed E-state index contributed by atoms with van der Waals surface area (Å²) in [6.07, 6.45) is 1.63. The van der Waals surface area contributed by atoms with Crippen molar-refractivity contribution in [2.45, 2.75) is 13.8 Å². The van der Waals surface area contributed by atoms with Gasteiger partial charge < -0.3 is 5.32 Å². The van der Waals surface area contributed by atoms with Gasteiger partial charge in [-0.05, 0) is 13.8 Å². The van der Waals surface area contributed by atoms with Crippen molar-refractivity contribution >= 4 is 0 Å². The first-order chi connectivity index (χ1) is 4.16. The summed E-state index contributed by atoms with van der Waals surface area (Å²) < 4.78 is 0. The zero-order valence-corrected chi connectivity index (χ0v) is 5.73. The highest BCUT2D eigenvalue weighted by molar-refractivity contribution is 5.17. The standard InChI is InChI=1S/C7H10N2/c1-6(2)9-5-7(3)4-8/h5,9H,1H2,2-3H3/b7-5+. The highest BCUT2D eigenvalue weighted by Gasteiger charge is 1.80. The largest absolute Gasteiger partial charge is 0.365 e. The molecule has 0 aliphatic rings. The van der Waals surface area contributed by atoms with Gasteiger partial charge >= 0.3 is 0 Å². The number of rotatable bonds is 2. The molecular weight excluding hydrogens is 112 g/mol. The summed E-state index contributed by atoms with van der Waals surface area (Å²) in [5.74, 6) is 0. The Kier molecular flexibility index (Phi) is 3.22. The van der Waals surface area contributed by atoms with E-state index < -0.39 is 0 Å². The molecule has 0 unspecified atom stereocenters. The van der Waals surface area contributed by atoms with Crippen molar-refractivity contribution in [2.75, 3.05) is 0 Å². The monoisotopic (exact) mass is 122 g/mol. The quantitative estimate of drug-likeness (QED) is 0.564. The maximum atomic E-state index is 8.26. The highest BCUT2D eigenvalue weighted by Crippen LogP contribution is 1.86. The Morgan fingerprint density at radius 2 is 2.22 bits per heavy atom. The van der Waals surface area contributed by atoms with Crippen LogP contribution in [0.25, 0.3) is 0 Å². The number of nitrogens with zero attached hydrogens (tertiary/aromatic N) is 1. The van der Waals surface area contributed by atoms with E-state index in [2.05, 4.69) is 11.9 Å². The van der Waals surface area contributed by atoms with Crippen LogP contribution >= 0.6 is 0 Å². The molecule has 0 spiro atoms. The van der Waals surface area contributed by atoms with Crippen molar-refractivity contribution in [3.63, 3.8) is 0 Å². The van der Waals surface area contributed by atoms with Crippen LogP contribution in [0.1, 0.15) is 13.8 Å². The van der Waals surface area contributed by atoms with Crippen LogP contribution < -0.4 is 5.32 Å². The van der Waals surface area contributed by atoms with Crippen molar-refractivity contribution in [1.29, 1.82) is 5.26 Å². The molecule has 0 aromatic heterocycles. The van der Waals surface area contributed by atoms with Crippen molar-refractivity contribution in [1.82, 2.24) is 5.32 Å². The molecule has 0 rings (SSSR count). The summed E-state index contributed by atoms with van der Waals surface area (Å²) in [7, 11) is 0. The van der Waals surface area contributed by atoms with Crippen LogP contribution in [0.2, 0.25) is 0 Å². The van der Waals surface area contributed by atoms with Crippen LogP contribution in [0, 0.1) is 11.3 Å². The van der Waals surface area contributed by atoms with E-state index >= 15 is 0 Å². The number of nitrogens with one attached hydrogen (secondary N) is 1. The highest BCUT2D eigenvalue weighted by atomic mass is 14.8. The van der Waals surface area contributed by atoms with Crippen LogP contribution in [0.15, 0.2) is 24.0 Å². The lowest BCUT2D eigenvalue weighted by atomic mass is 10.4. The number of hydrogen-bond acceptors (Lipinski definition) is 2. The maximum Gasteiger partial charge on any atom is 0.0959 e. The molecule has 0 amide bonds. The molecule has 0 heterocycles. The molecule has 0 saturated carbocycles. The van der Waals surface area contributed by atoms with Gasteiger partial charge in [0.05, 0.1) is 6.07 Å². The lowest BCUT2D eigenvalue weighted by molar-refractivity contribution is 1.06. The van der Waals surface area contributed by atoms with E-state index in [4.69, 9.17) is 5.26 Å². The predicted molar refractivity (Wildman–Crippen MR) is 37.3 cm³/mol. The minimum Gasteiger partial charge on any atom is -0.365 e. The predicted octanol–water partition coefficient (Wildman–Crippen LogP) is 1.54. The van der Waals surface area contributed by atoms with E-state index in [-0.39, 0.29) is 0 Å². The van der Waals surface area contributed by atoms with Crippen LogP contribution in [-0.2, 0) is 0 Å². The van der Waals surface area contributed by atoms with Crippen molar-refractivity contribution < 1.29 is 0 Å². The SMILES string of the molecule is C=C(C)N/C=C(\C)C#N. The van der Waals surface area contributed by atoms with E-state index in [9.17, 15) is 0 Å². The summed E-state index contributed by atoms with van der Waals surface area (Å²) in [5.41, 5.74) is 1.49. The minimum atomic E-state index is 0.651. The first kappa shape index (κ1) is 7.77. The second-order valence-electron chi connectivity index (χ2n) is 1.86. The molecule has 48 valence electrons. The van der Waals surface area contributed by atoms with Crippen molar-refractivity contribution in [3.8, 4) is 6.07 Å². The zero-order chi connectivity index (χ0) is 7.28. The molecule has 0 aromatic rings. The van der Waals surface area contributed by atoms with Gasteiger partial charge in [0.15, 0.2) is 0 Å².